The van der Waals surface area contributed by atoms with Crippen molar-refractivity contribution < 1.29 is 14.3 Å². The van der Waals surface area contributed by atoms with Gasteiger partial charge in [0.25, 0.3) is 0 Å². The molecule has 0 N–H and O–H groups in total. The molecule has 0 aliphatic carbocycles. The molecule has 0 bridgehead atoms. The molecule has 0 amide bonds. The van der Waals surface area contributed by atoms with Crippen LogP contribution in [0.15, 0.2) is 36.4 Å². The lowest BCUT2D eigenvalue weighted by Crippen LogP contribution is -2.14. The van der Waals surface area contributed by atoms with Crippen molar-refractivity contribution in [3.63, 3.8) is 0 Å². The molecule has 2 aromatic rings. The molecule has 0 unspecified atom stereocenters. The summed E-state index contributed by atoms with van der Waals surface area (Å²) in [6.07, 6.45) is 0. The summed E-state index contributed by atoms with van der Waals surface area (Å²) in [5, 5.41) is 2.45. The molecule has 18 heavy (non-hydrogen) atoms. The lowest BCUT2D eigenvalue weighted by molar-refractivity contribution is -0.145. The van der Waals surface area contributed by atoms with Crippen LogP contribution >= 0.6 is 11.6 Å². The number of benzene rings is 2. The maximum absolute atomic E-state index is 11.2. The summed E-state index contributed by atoms with van der Waals surface area (Å²) >= 11 is 6.09. The van der Waals surface area contributed by atoms with E-state index in [1.54, 1.807) is 19.1 Å². The van der Waals surface area contributed by atoms with Crippen LogP contribution in [0.4, 0.5) is 0 Å². The normalized spacial score (nSPS) is 10.3. The van der Waals surface area contributed by atoms with Crippen molar-refractivity contribution in [2.24, 2.45) is 0 Å². The van der Waals surface area contributed by atoms with Crippen molar-refractivity contribution in [3.05, 3.63) is 41.4 Å². The largest absolute Gasteiger partial charge is 0.481 e. The topological polar surface area (TPSA) is 35.5 Å². The second-order valence-electron chi connectivity index (χ2n) is 3.68. The van der Waals surface area contributed by atoms with E-state index < -0.39 is 0 Å². The molecular formula is C14H13ClO3. The molecule has 0 aliphatic heterocycles. The Kier molecular flexibility index (Phi) is 4.05. The number of carbonyl (C=O) groups is 1. The minimum absolute atomic E-state index is 0.0978. The first-order chi connectivity index (χ1) is 8.72. The molecule has 3 nitrogen and oxygen atoms in total. The number of fused-ring (bicyclic) bond motifs is 1. The van der Waals surface area contributed by atoms with E-state index in [1.165, 1.54) is 0 Å². The number of esters is 1. The molecule has 94 valence electrons. The first-order valence-electron chi connectivity index (χ1n) is 5.68. The highest BCUT2D eigenvalue weighted by atomic mass is 35.5. The van der Waals surface area contributed by atoms with E-state index in [-0.39, 0.29) is 12.6 Å². The van der Waals surface area contributed by atoms with Crippen LogP contribution in [0, 0.1) is 0 Å². The second kappa shape index (κ2) is 5.74. The minimum Gasteiger partial charge on any atom is -0.481 e. The number of carbonyl (C=O) groups excluding carboxylic acids is 1. The lowest BCUT2D eigenvalue weighted by Gasteiger charge is -2.09. The summed E-state index contributed by atoms with van der Waals surface area (Å²) in [5.41, 5.74) is 0. The fourth-order valence-electron chi connectivity index (χ4n) is 1.70. The molecule has 0 aromatic heterocycles. The van der Waals surface area contributed by atoms with E-state index in [2.05, 4.69) is 0 Å². The molecular weight excluding hydrogens is 252 g/mol. The van der Waals surface area contributed by atoms with Gasteiger partial charge < -0.3 is 9.47 Å². The van der Waals surface area contributed by atoms with Gasteiger partial charge in [0.15, 0.2) is 6.61 Å². The zero-order chi connectivity index (χ0) is 13.0. The molecule has 0 fully saturated rings. The average Bonchev–Trinajstić information content (AvgIpc) is 2.39. The van der Waals surface area contributed by atoms with E-state index in [4.69, 9.17) is 21.1 Å². The Morgan fingerprint density at radius 1 is 1.17 bits per heavy atom. The molecule has 0 atom stereocenters. The first kappa shape index (κ1) is 12.7. The summed E-state index contributed by atoms with van der Waals surface area (Å²) in [6.45, 7) is 2.01. The van der Waals surface area contributed by atoms with E-state index in [1.807, 2.05) is 24.3 Å². The fourth-order valence-corrected chi connectivity index (χ4v) is 1.93. The SMILES string of the molecule is CCOC(=O)COc1ccc(Cl)c2ccccc12. The van der Waals surface area contributed by atoms with Crippen molar-refractivity contribution in [3.8, 4) is 5.75 Å². The lowest BCUT2D eigenvalue weighted by atomic mass is 10.1. The standard InChI is InChI=1S/C14H13ClO3/c1-2-17-14(16)9-18-13-8-7-12(15)10-5-3-4-6-11(10)13/h3-8H,2,9H2,1H3. The average molecular weight is 265 g/mol. The van der Waals surface area contributed by atoms with Crippen LogP contribution in [0.3, 0.4) is 0 Å². The highest BCUT2D eigenvalue weighted by molar-refractivity contribution is 6.35. The Morgan fingerprint density at radius 2 is 1.89 bits per heavy atom. The molecule has 0 heterocycles. The van der Waals surface area contributed by atoms with Gasteiger partial charge in [-0.3, -0.25) is 0 Å². The summed E-state index contributed by atoms with van der Waals surface area (Å²) in [5.74, 6) is 0.250. The van der Waals surface area contributed by atoms with E-state index in [0.717, 1.165) is 10.8 Å². The van der Waals surface area contributed by atoms with Crippen LogP contribution in [-0.4, -0.2) is 19.2 Å². The molecule has 0 saturated heterocycles. The van der Waals surface area contributed by atoms with Gasteiger partial charge in [-0.25, -0.2) is 4.79 Å². The van der Waals surface area contributed by atoms with E-state index in [9.17, 15) is 4.79 Å². The van der Waals surface area contributed by atoms with Crippen LogP contribution in [-0.2, 0) is 9.53 Å². The maximum atomic E-state index is 11.2. The Morgan fingerprint density at radius 3 is 2.61 bits per heavy atom. The predicted molar refractivity (Wildman–Crippen MR) is 71.1 cm³/mol. The van der Waals surface area contributed by atoms with Crippen LogP contribution < -0.4 is 4.74 Å². The van der Waals surface area contributed by atoms with Crippen LogP contribution in [0.1, 0.15) is 6.92 Å². The first-order valence-corrected chi connectivity index (χ1v) is 6.06. The van der Waals surface area contributed by atoms with Crippen molar-refractivity contribution in [2.45, 2.75) is 6.92 Å². The maximum Gasteiger partial charge on any atom is 0.344 e. The number of ether oxygens (including phenoxy) is 2. The monoisotopic (exact) mass is 264 g/mol. The van der Waals surface area contributed by atoms with Crippen molar-refractivity contribution in [1.82, 2.24) is 0 Å². The van der Waals surface area contributed by atoms with Gasteiger partial charge in [0, 0.05) is 15.8 Å². The summed E-state index contributed by atoms with van der Waals surface area (Å²) in [6, 6.07) is 11.1. The van der Waals surface area contributed by atoms with Crippen molar-refractivity contribution in [2.75, 3.05) is 13.2 Å². The zero-order valence-electron chi connectivity index (χ0n) is 9.98. The van der Waals surface area contributed by atoms with Crippen LogP contribution in [0.25, 0.3) is 10.8 Å². The molecule has 4 heteroatoms. The Hall–Kier alpha value is -1.74. The van der Waals surface area contributed by atoms with Gasteiger partial charge in [-0.05, 0) is 19.1 Å². The van der Waals surface area contributed by atoms with E-state index >= 15 is 0 Å². The quantitative estimate of drug-likeness (QED) is 0.794. The third kappa shape index (κ3) is 2.74. The third-order valence-electron chi connectivity index (χ3n) is 2.48. The van der Waals surface area contributed by atoms with Crippen molar-refractivity contribution in [1.29, 1.82) is 0 Å². The van der Waals surface area contributed by atoms with E-state index in [0.29, 0.717) is 17.4 Å². The number of hydrogen-bond acceptors (Lipinski definition) is 3. The molecule has 0 aliphatic rings. The molecule has 2 rings (SSSR count). The smallest absolute Gasteiger partial charge is 0.344 e. The fraction of sp³-hybridized carbons (Fsp3) is 0.214. The Bertz CT molecular complexity index is 566. The number of rotatable bonds is 4. The molecule has 0 radical (unpaired) electrons. The highest BCUT2D eigenvalue weighted by Crippen LogP contribution is 2.31. The van der Waals surface area contributed by atoms with Gasteiger partial charge in [-0.15, -0.1) is 0 Å². The molecule has 0 saturated carbocycles. The zero-order valence-corrected chi connectivity index (χ0v) is 10.7. The second-order valence-corrected chi connectivity index (χ2v) is 4.09. The Labute approximate surface area is 110 Å². The van der Waals surface area contributed by atoms with Gasteiger partial charge in [-0.2, -0.15) is 0 Å². The highest BCUT2D eigenvalue weighted by Gasteiger charge is 2.08. The van der Waals surface area contributed by atoms with Crippen LogP contribution in [0.2, 0.25) is 5.02 Å². The summed E-state index contributed by atoms with van der Waals surface area (Å²) in [7, 11) is 0. The van der Waals surface area contributed by atoms with Gasteiger partial charge in [0.1, 0.15) is 5.75 Å². The summed E-state index contributed by atoms with van der Waals surface area (Å²) < 4.78 is 10.3. The van der Waals surface area contributed by atoms with Gasteiger partial charge >= 0.3 is 5.97 Å². The summed E-state index contributed by atoms with van der Waals surface area (Å²) in [4.78, 5) is 11.2. The molecule has 0 spiro atoms. The third-order valence-corrected chi connectivity index (χ3v) is 2.81. The van der Waals surface area contributed by atoms with Gasteiger partial charge in [-0.1, -0.05) is 35.9 Å². The van der Waals surface area contributed by atoms with Gasteiger partial charge in [0.05, 0.1) is 6.61 Å². The predicted octanol–water partition coefficient (Wildman–Crippen LogP) is 3.44. The van der Waals surface area contributed by atoms with Crippen LogP contribution in [0.5, 0.6) is 5.75 Å². The molecule has 2 aromatic carbocycles. The number of halogens is 1. The Balaban J connectivity index is 2.24. The van der Waals surface area contributed by atoms with Crippen molar-refractivity contribution >= 4 is 28.3 Å². The number of hydrogen-bond donors (Lipinski definition) is 0. The van der Waals surface area contributed by atoms with Gasteiger partial charge in [0.2, 0.25) is 0 Å². The minimum atomic E-state index is -0.378.